The van der Waals surface area contributed by atoms with Crippen molar-refractivity contribution in [1.29, 1.82) is 0 Å². The predicted molar refractivity (Wildman–Crippen MR) is 170 cm³/mol. The van der Waals surface area contributed by atoms with Crippen LogP contribution in [-0.4, -0.2) is 49.8 Å². The highest BCUT2D eigenvalue weighted by Gasteiger charge is 2.34. The zero-order chi connectivity index (χ0) is 31.0. The molecule has 1 N–H and O–H groups in total. The van der Waals surface area contributed by atoms with Gasteiger partial charge in [-0.2, -0.15) is 0 Å². The first-order valence-electron chi connectivity index (χ1n) is 15.1. The van der Waals surface area contributed by atoms with Crippen molar-refractivity contribution in [2.24, 2.45) is 4.99 Å². The summed E-state index contributed by atoms with van der Waals surface area (Å²) in [6.07, 6.45) is 7.57. The Hall–Kier alpha value is -3.50. The van der Waals surface area contributed by atoms with Crippen LogP contribution in [0.5, 0.6) is 0 Å². The maximum Gasteiger partial charge on any atom is 0.263 e. The maximum atomic E-state index is 13.6. The van der Waals surface area contributed by atoms with Gasteiger partial charge in [-0.3, -0.25) is 9.71 Å². The van der Waals surface area contributed by atoms with E-state index in [1.54, 1.807) is 26.0 Å². The van der Waals surface area contributed by atoms with Crippen LogP contribution in [0.2, 0.25) is 0 Å². The van der Waals surface area contributed by atoms with Gasteiger partial charge in [0.05, 0.1) is 11.5 Å². The topological polar surface area (TPSA) is 114 Å². The van der Waals surface area contributed by atoms with E-state index in [2.05, 4.69) is 27.8 Å². The third-order valence-corrected chi connectivity index (χ3v) is 9.54. The first kappa shape index (κ1) is 32.4. The molecule has 0 saturated heterocycles. The number of aldehydes is 1. The number of benzene rings is 2. The highest BCUT2D eigenvalue weighted by Crippen LogP contribution is 2.34. The van der Waals surface area contributed by atoms with E-state index in [9.17, 15) is 13.2 Å². The number of carbonyl (C=O) groups is 1. The Morgan fingerprint density at radius 2 is 1.88 bits per heavy atom. The van der Waals surface area contributed by atoms with Crippen LogP contribution in [-0.2, 0) is 32.7 Å². The number of sulfonamides is 1. The average molecular weight is 609 g/mol. The van der Waals surface area contributed by atoms with Crippen LogP contribution in [0, 0.1) is 13.8 Å². The molecule has 3 aromatic rings. The highest BCUT2D eigenvalue weighted by atomic mass is 32.2. The third-order valence-electron chi connectivity index (χ3n) is 8.14. The standard InChI is InChI=1S/C33H44N4O5S/c1-6-8-15-31(34-33(23-38)18-11-12-19-33)37(5)21-26-16-17-28(27(20-26)22-41-7-2)29-13-9-10-14-30(29)43(39,40)36-32-24(3)25(4)42-35-32/h9-10,13-14,16-17,20,23H,6-8,11-12,15,18-19,21-22H2,1-5H3,(H,35,36). The van der Waals surface area contributed by atoms with Crippen molar-refractivity contribution in [1.82, 2.24) is 10.1 Å². The lowest BCUT2D eigenvalue weighted by Crippen LogP contribution is -2.33. The molecule has 1 aliphatic carbocycles. The zero-order valence-electron chi connectivity index (χ0n) is 26.0. The van der Waals surface area contributed by atoms with Crippen molar-refractivity contribution in [3.05, 3.63) is 64.9 Å². The van der Waals surface area contributed by atoms with Crippen LogP contribution in [0.15, 0.2) is 56.9 Å². The van der Waals surface area contributed by atoms with Crippen molar-refractivity contribution in [3.63, 3.8) is 0 Å². The molecule has 0 radical (unpaired) electrons. The summed E-state index contributed by atoms with van der Waals surface area (Å²) in [6.45, 7) is 9.04. The van der Waals surface area contributed by atoms with Crippen LogP contribution in [0.1, 0.15) is 81.2 Å². The number of hydrogen-bond donors (Lipinski definition) is 1. The van der Waals surface area contributed by atoms with Gasteiger partial charge in [-0.1, -0.05) is 67.7 Å². The number of anilines is 1. The van der Waals surface area contributed by atoms with Gasteiger partial charge in [0.15, 0.2) is 5.82 Å². The van der Waals surface area contributed by atoms with Gasteiger partial charge in [0.25, 0.3) is 10.0 Å². The van der Waals surface area contributed by atoms with Gasteiger partial charge in [0.2, 0.25) is 0 Å². The number of nitrogens with zero attached hydrogens (tertiary/aromatic N) is 3. The van der Waals surface area contributed by atoms with Crippen molar-refractivity contribution in [2.45, 2.75) is 96.2 Å². The molecule has 1 aliphatic rings. The second kappa shape index (κ2) is 14.3. The Bertz CT molecular complexity index is 1540. The van der Waals surface area contributed by atoms with E-state index in [-0.39, 0.29) is 10.7 Å². The summed E-state index contributed by atoms with van der Waals surface area (Å²) in [5.41, 5.74) is 3.31. The lowest BCUT2D eigenvalue weighted by Gasteiger charge is -2.26. The minimum Gasteiger partial charge on any atom is -0.377 e. The number of hydrogen-bond acceptors (Lipinski definition) is 7. The molecule has 0 spiro atoms. The number of aryl methyl sites for hydroxylation is 1. The van der Waals surface area contributed by atoms with E-state index < -0.39 is 15.6 Å². The largest absolute Gasteiger partial charge is 0.377 e. The fourth-order valence-electron chi connectivity index (χ4n) is 5.49. The van der Waals surface area contributed by atoms with E-state index in [4.69, 9.17) is 14.3 Å². The molecule has 0 unspecified atom stereocenters. The third kappa shape index (κ3) is 7.72. The number of unbranched alkanes of at least 4 members (excludes halogenated alkanes) is 1. The van der Waals surface area contributed by atoms with Gasteiger partial charge in [-0.05, 0) is 62.8 Å². The Kier molecular flexibility index (Phi) is 10.8. The summed E-state index contributed by atoms with van der Waals surface area (Å²) < 4.78 is 40.8. The van der Waals surface area contributed by atoms with Gasteiger partial charge >= 0.3 is 0 Å². The summed E-state index contributed by atoms with van der Waals surface area (Å²) in [6, 6.07) is 13.0. The van der Waals surface area contributed by atoms with Gasteiger partial charge in [-0.15, -0.1) is 0 Å². The van der Waals surface area contributed by atoms with Crippen molar-refractivity contribution in [2.75, 3.05) is 18.4 Å². The molecular formula is C33H44N4O5S. The van der Waals surface area contributed by atoms with Crippen LogP contribution in [0.25, 0.3) is 11.1 Å². The number of carbonyl (C=O) groups excluding carboxylic acids is 1. The number of aliphatic imine (C=N–C) groups is 1. The molecular weight excluding hydrogens is 564 g/mol. The predicted octanol–water partition coefficient (Wildman–Crippen LogP) is 6.83. The highest BCUT2D eigenvalue weighted by molar-refractivity contribution is 7.92. The van der Waals surface area contributed by atoms with E-state index in [1.165, 1.54) is 0 Å². The molecule has 43 heavy (non-hydrogen) atoms. The first-order chi connectivity index (χ1) is 20.6. The molecule has 232 valence electrons. The van der Waals surface area contributed by atoms with E-state index in [0.29, 0.717) is 36.6 Å². The molecule has 0 atom stereocenters. The van der Waals surface area contributed by atoms with Crippen molar-refractivity contribution in [3.8, 4) is 11.1 Å². The second-order valence-corrected chi connectivity index (χ2v) is 13.0. The summed E-state index contributed by atoms with van der Waals surface area (Å²) >= 11 is 0. The normalized spacial score (nSPS) is 15.0. The summed E-state index contributed by atoms with van der Waals surface area (Å²) in [5, 5.41) is 3.88. The SMILES string of the molecule is CCCCC(=NC1(C=O)CCCC1)N(C)Cc1ccc(-c2ccccc2S(=O)(=O)Nc2noc(C)c2C)c(COCC)c1. The number of ether oxygens (including phenoxy) is 1. The maximum absolute atomic E-state index is 13.6. The summed E-state index contributed by atoms with van der Waals surface area (Å²) in [4.78, 5) is 19.4. The van der Waals surface area contributed by atoms with Crippen LogP contribution >= 0.6 is 0 Å². The number of rotatable bonds is 14. The number of nitrogens with one attached hydrogen (secondary N) is 1. The molecule has 4 rings (SSSR count). The molecule has 9 nitrogen and oxygen atoms in total. The lowest BCUT2D eigenvalue weighted by molar-refractivity contribution is -0.112. The molecule has 1 saturated carbocycles. The second-order valence-electron chi connectivity index (χ2n) is 11.4. The van der Waals surface area contributed by atoms with Gasteiger partial charge < -0.3 is 19.0 Å². The van der Waals surface area contributed by atoms with E-state index in [1.807, 2.05) is 38.2 Å². The molecule has 0 amide bonds. The summed E-state index contributed by atoms with van der Waals surface area (Å²) in [7, 11) is -1.95. The van der Waals surface area contributed by atoms with Crippen LogP contribution in [0.4, 0.5) is 5.82 Å². The molecule has 0 bridgehead atoms. The smallest absolute Gasteiger partial charge is 0.263 e. The first-order valence-corrected chi connectivity index (χ1v) is 16.6. The van der Waals surface area contributed by atoms with Crippen LogP contribution in [0.3, 0.4) is 0 Å². The zero-order valence-corrected chi connectivity index (χ0v) is 26.8. The Labute approximate surface area is 255 Å². The number of amidine groups is 1. The Morgan fingerprint density at radius 1 is 1.14 bits per heavy atom. The van der Waals surface area contributed by atoms with Gasteiger partial charge in [-0.25, -0.2) is 8.42 Å². The fourth-order valence-corrected chi connectivity index (χ4v) is 6.77. The molecule has 1 heterocycles. The fraction of sp³-hybridized carbons (Fsp3) is 0.485. The monoisotopic (exact) mass is 608 g/mol. The molecule has 1 aromatic heterocycles. The van der Waals surface area contributed by atoms with Crippen molar-refractivity contribution >= 4 is 28.0 Å². The molecule has 0 aliphatic heterocycles. The van der Waals surface area contributed by atoms with E-state index in [0.717, 1.165) is 73.8 Å². The Balaban J connectivity index is 1.68. The van der Waals surface area contributed by atoms with Gasteiger partial charge in [0.1, 0.15) is 23.4 Å². The number of aromatic nitrogens is 1. The van der Waals surface area contributed by atoms with E-state index >= 15 is 0 Å². The average Bonchev–Trinajstić information content (AvgIpc) is 3.60. The Morgan fingerprint density at radius 3 is 2.53 bits per heavy atom. The minimum absolute atomic E-state index is 0.141. The minimum atomic E-state index is -3.97. The van der Waals surface area contributed by atoms with Crippen molar-refractivity contribution < 1.29 is 22.5 Å². The molecule has 1 fully saturated rings. The lowest BCUT2D eigenvalue weighted by atomic mass is 9.97. The van der Waals surface area contributed by atoms with Gasteiger partial charge in [0, 0.05) is 37.7 Å². The summed E-state index contributed by atoms with van der Waals surface area (Å²) in [5.74, 6) is 1.68. The quantitative estimate of drug-likeness (QED) is 0.121. The van der Waals surface area contributed by atoms with Crippen LogP contribution < -0.4 is 4.72 Å². The molecule has 10 heteroatoms. The molecule has 2 aromatic carbocycles.